The van der Waals surface area contributed by atoms with E-state index in [1.54, 1.807) is 18.5 Å². The molecule has 0 spiro atoms. The van der Waals surface area contributed by atoms with Gasteiger partial charge in [0.1, 0.15) is 6.04 Å². The van der Waals surface area contributed by atoms with E-state index in [2.05, 4.69) is 10.3 Å². The van der Waals surface area contributed by atoms with Crippen molar-refractivity contribution in [3.8, 4) is 0 Å². The summed E-state index contributed by atoms with van der Waals surface area (Å²) in [5.74, 6) is -1.49. The Morgan fingerprint density at radius 3 is 2.48 bits per heavy atom. The molecular weight excluding hydrogens is 290 g/mol. The lowest BCUT2D eigenvalue weighted by molar-refractivity contribution is -0.146. The fourth-order valence-electron chi connectivity index (χ4n) is 2.82. The molecule has 0 radical (unpaired) electrons. The van der Waals surface area contributed by atoms with Crippen LogP contribution in [-0.4, -0.2) is 33.6 Å². The van der Waals surface area contributed by atoms with Gasteiger partial charge in [-0.1, -0.05) is 12.2 Å². The summed E-state index contributed by atoms with van der Waals surface area (Å²) in [7, 11) is 0. The molecule has 21 heavy (non-hydrogen) atoms. The average Bonchev–Trinajstić information content (AvgIpc) is 3.07. The number of anilines is 1. The van der Waals surface area contributed by atoms with Crippen molar-refractivity contribution in [2.24, 2.45) is 11.8 Å². The highest BCUT2D eigenvalue weighted by Gasteiger charge is 2.50. The SMILES string of the molecule is C[C@@H](C(=O)Nc1nccs1)N1C(=O)[C@@H]2CC=CC[C@H]2C1=O. The molecule has 3 amide bonds. The first kappa shape index (κ1) is 13.9. The van der Waals surface area contributed by atoms with Gasteiger partial charge in [0.2, 0.25) is 17.7 Å². The van der Waals surface area contributed by atoms with Crippen molar-refractivity contribution in [2.45, 2.75) is 25.8 Å². The second kappa shape index (κ2) is 5.40. The van der Waals surface area contributed by atoms with Crippen LogP contribution in [0.4, 0.5) is 5.13 Å². The van der Waals surface area contributed by atoms with Gasteiger partial charge in [-0.2, -0.15) is 0 Å². The molecule has 0 unspecified atom stereocenters. The fourth-order valence-corrected chi connectivity index (χ4v) is 3.35. The first-order valence-electron chi connectivity index (χ1n) is 6.82. The summed E-state index contributed by atoms with van der Waals surface area (Å²) in [4.78, 5) is 42.0. The van der Waals surface area contributed by atoms with Gasteiger partial charge in [0.15, 0.2) is 5.13 Å². The largest absolute Gasteiger partial charge is 0.300 e. The number of fused-ring (bicyclic) bond motifs is 1. The maximum absolute atomic E-state index is 12.4. The predicted octanol–water partition coefficient (Wildman–Crippen LogP) is 1.42. The molecule has 2 heterocycles. The van der Waals surface area contributed by atoms with Crippen molar-refractivity contribution in [1.82, 2.24) is 9.88 Å². The van der Waals surface area contributed by atoms with Gasteiger partial charge >= 0.3 is 0 Å². The maximum atomic E-state index is 12.4. The molecule has 1 aliphatic heterocycles. The van der Waals surface area contributed by atoms with E-state index in [1.165, 1.54) is 11.3 Å². The number of likely N-dealkylation sites (tertiary alicyclic amines) is 1. The number of allylic oxidation sites excluding steroid dienone is 2. The normalized spacial score (nSPS) is 25.9. The van der Waals surface area contributed by atoms with Gasteiger partial charge in [0.05, 0.1) is 11.8 Å². The highest BCUT2D eigenvalue weighted by molar-refractivity contribution is 7.13. The molecule has 6 nitrogen and oxygen atoms in total. The predicted molar refractivity (Wildman–Crippen MR) is 77.4 cm³/mol. The van der Waals surface area contributed by atoms with Gasteiger partial charge in [-0.3, -0.25) is 19.3 Å². The molecule has 1 saturated heterocycles. The zero-order valence-corrected chi connectivity index (χ0v) is 12.3. The molecule has 1 aromatic heterocycles. The number of carbonyl (C=O) groups is 3. The monoisotopic (exact) mass is 305 g/mol. The molecule has 1 aromatic rings. The Labute approximate surface area is 125 Å². The van der Waals surface area contributed by atoms with Crippen molar-refractivity contribution in [3.63, 3.8) is 0 Å². The van der Waals surface area contributed by atoms with E-state index in [0.29, 0.717) is 18.0 Å². The number of carbonyl (C=O) groups excluding carboxylic acids is 3. The lowest BCUT2D eigenvalue weighted by Gasteiger charge is -2.21. The third kappa shape index (κ3) is 2.37. The van der Waals surface area contributed by atoms with Gasteiger partial charge in [0.25, 0.3) is 0 Å². The molecule has 0 saturated carbocycles. The highest BCUT2D eigenvalue weighted by Crippen LogP contribution is 2.36. The molecule has 1 aliphatic carbocycles. The number of rotatable bonds is 3. The minimum atomic E-state index is -0.820. The first-order chi connectivity index (χ1) is 10.1. The lowest BCUT2D eigenvalue weighted by atomic mass is 9.85. The number of hydrogen-bond acceptors (Lipinski definition) is 5. The van der Waals surface area contributed by atoms with Crippen LogP contribution in [0.2, 0.25) is 0 Å². The highest BCUT2D eigenvalue weighted by atomic mass is 32.1. The molecule has 7 heteroatoms. The molecule has 1 N–H and O–H groups in total. The minimum absolute atomic E-state index is 0.240. The van der Waals surface area contributed by atoms with Crippen LogP contribution in [0.25, 0.3) is 0 Å². The molecule has 0 bridgehead atoms. The zero-order valence-electron chi connectivity index (χ0n) is 11.5. The number of nitrogens with one attached hydrogen (secondary N) is 1. The van der Waals surface area contributed by atoms with E-state index in [-0.39, 0.29) is 23.7 Å². The Hall–Kier alpha value is -2.02. The van der Waals surface area contributed by atoms with E-state index in [9.17, 15) is 14.4 Å². The molecule has 3 atom stereocenters. The van der Waals surface area contributed by atoms with Crippen LogP contribution in [-0.2, 0) is 14.4 Å². The van der Waals surface area contributed by atoms with E-state index in [1.807, 2.05) is 12.2 Å². The quantitative estimate of drug-likeness (QED) is 0.676. The number of aromatic nitrogens is 1. The lowest BCUT2D eigenvalue weighted by Crippen LogP contribution is -2.46. The second-order valence-electron chi connectivity index (χ2n) is 5.20. The van der Waals surface area contributed by atoms with Gasteiger partial charge in [-0.05, 0) is 19.8 Å². The summed E-state index contributed by atoms with van der Waals surface area (Å²) in [6.45, 7) is 1.57. The van der Waals surface area contributed by atoms with Crippen LogP contribution in [0, 0.1) is 11.8 Å². The molecule has 0 aromatic carbocycles. The van der Waals surface area contributed by atoms with Crippen LogP contribution in [0.3, 0.4) is 0 Å². The van der Waals surface area contributed by atoms with Gasteiger partial charge in [-0.25, -0.2) is 4.98 Å². The van der Waals surface area contributed by atoms with E-state index >= 15 is 0 Å². The Morgan fingerprint density at radius 2 is 1.95 bits per heavy atom. The fraction of sp³-hybridized carbons (Fsp3) is 0.429. The Bertz CT molecular complexity index is 585. The first-order valence-corrected chi connectivity index (χ1v) is 7.70. The van der Waals surface area contributed by atoms with Crippen LogP contribution in [0.5, 0.6) is 0 Å². The standard InChI is InChI=1S/C14H15N3O3S/c1-8(11(18)16-14-15-6-7-21-14)17-12(19)9-4-2-3-5-10(9)13(17)20/h2-3,6-10H,4-5H2,1H3,(H,15,16,18)/t8-,9+,10+/m0/s1. The Morgan fingerprint density at radius 1 is 1.33 bits per heavy atom. The van der Waals surface area contributed by atoms with Crippen LogP contribution >= 0.6 is 11.3 Å². The van der Waals surface area contributed by atoms with E-state index in [0.717, 1.165) is 4.90 Å². The van der Waals surface area contributed by atoms with Gasteiger partial charge in [0, 0.05) is 11.6 Å². The third-order valence-corrected chi connectivity index (χ3v) is 4.66. The number of hydrogen-bond donors (Lipinski definition) is 1. The Balaban J connectivity index is 1.75. The van der Waals surface area contributed by atoms with Gasteiger partial charge in [-0.15, -0.1) is 11.3 Å². The van der Waals surface area contributed by atoms with Crippen LogP contribution in [0.15, 0.2) is 23.7 Å². The Kier molecular flexibility index (Phi) is 3.59. The van der Waals surface area contributed by atoms with Crippen molar-refractivity contribution in [3.05, 3.63) is 23.7 Å². The zero-order chi connectivity index (χ0) is 15.0. The number of imide groups is 1. The van der Waals surface area contributed by atoms with Crippen LogP contribution in [0.1, 0.15) is 19.8 Å². The molecular formula is C14H15N3O3S. The van der Waals surface area contributed by atoms with E-state index in [4.69, 9.17) is 0 Å². The molecule has 1 fully saturated rings. The third-order valence-electron chi connectivity index (χ3n) is 3.97. The second-order valence-corrected chi connectivity index (χ2v) is 6.10. The summed E-state index contributed by atoms with van der Waals surface area (Å²) >= 11 is 1.29. The van der Waals surface area contributed by atoms with E-state index < -0.39 is 11.9 Å². The van der Waals surface area contributed by atoms with Gasteiger partial charge < -0.3 is 5.32 Å². The summed E-state index contributed by atoms with van der Waals surface area (Å²) in [6, 6.07) is -0.820. The smallest absolute Gasteiger partial charge is 0.249 e. The molecule has 2 aliphatic rings. The molecule has 110 valence electrons. The van der Waals surface area contributed by atoms with Crippen molar-refractivity contribution in [1.29, 1.82) is 0 Å². The van der Waals surface area contributed by atoms with Crippen molar-refractivity contribution >= 4 is 34.2 Å². The maximum Gasteiger partial charge on any atom is 0.249 e. The number of amides is 3. The van der Waals surface area contributed by atoms with Crippen molar-refractivity contribution < 1.29 is 14.4 Å². The summed E-state index contributed by atoms with van der Waals surface area (Å²) in [6.07, 6.45) is 6.59. The summed E-state index contributed by atoms with van der Waals surface area (Å²) < 4.78 is 0. The molecule has 3 rings (SSSR count). The number of thiazole rings is 1. The van der Waals surface area contributed by atoms with Crippen LogP contribution < -0.4 is 5.32 Å². The summed E-state index contributed by atoms with van der Waals surface area (Å²) in [5, 5.41) is 4.83. The topological polar surface area (TPSA) is 79.4 Å². The summed E-state index contributed by atoms with van der Waals surface area (Å²) in [5.41, 5.74) is 0. The minimum Gasteiger partial charge on any atom is -0.300 e. The number of nitrogens with zero attached hydrogens (tertiary/aromatic N) is 2. The van der Waals surface area contributed by atoms with Crippen molar-refractivity contribution in [2.75, 3.05) is 5.32 Å². The average molecular weight is 305 g/mol.